The Morgan fingerprint density at radius 2 is 1.70 bits per heavy atom. The predicted molar refractivity (Wildman–Crippen MR) is 112 cm³/mol. The van der Waals surface area contributed by atoms with E-state index in [1.807, 2.05) is 32.0 Å². The summed E-state index contributed by atoms with van der Waals surface area (Å²) >= 11 is 0. The van der Waals surface area contributed by atoms with Crippen molar-refractivity contribution in [3.63, 3.8) is 0 Å². The molecule has 0 aliphatic rings. The van der Waals surface area contributed by atoms with E-state index in [1.54, 1.807) is 23.7 Å². The van der Waals surface area contributed by atoms with Crippen LogP contribution in [-0.4, -0.2) is 18.7 Å². The van der Waals surface area contributed by atoms with Crippen molar-refractivity contribution in [3.05, 3.63) is 85.8 Å². The molecule has 8 heteroatoms. The van der Waals surface area contributed by atoms with Crippen LogP contribution in [0.2, 0.25) is 0 Å². The number of halogens is 1. The molecule has 4 rings (SSSR count). The van der Waals surface area contributed by atoms with Crippen molar-refractivity contribution in [2.75, 3.05) is 0 Å². The van der Waals surface area contributed by atoms with Gasteiger partial charge in [-0.05, 0) is 48.7 Å². The molecule has 0 N–H and O–H groups in total. The molecule has 4 aromatic rings. The Labute approximate surface area is 171 Å². The second-order valence-corrected chi connectivity index (χ2v) is 7.36. The molecule has 0 aliphatic heterocycles. The Morgan fingerprint density at radius 1 is 1.00 bits per heavy atom. The molecule has 0 bridgehead atoms. The molecule has 154 valence electrons. The van der Waals surface area contributed by atoms with Crippen molar-refractivity contribution in [1.29, 1.82) is 0 Å². The number of nitrogens with zero attached hydrogens (tertiary/aromatic N) is 4. The first-order valence-corrected chi connectivity index (χ1v) is 9.42. The normalized spacial score (nSPS) is 11.2. The summed E-state index contributed by atoms with van der Waals surface area (Å²) in [5.41, 5.74) is 2.20. The fourth-order valence-corrected chi connectivity index (χ4v) is 3.34. The van der Waals surface area contributed by atoms with E-state index in [9.17, 15) is 14.0 Å². The van der Waals surface area contributed by atoms with E-state index in [-0.39, 0.29) is 29.5 Å². The van der Waals surface area contributed by atoms with E-state index in [2.05, 4.69) is 4.98 Å². The van der Waals surface area contributed by atoms with Crippen LogP contribution in [0.25, 0.3) is 11.2 Å². The van der Waals surface area contributed by atoms with Gasteiger partial charge in [-0.15, -0.1) is 0 Å². The van der Waals surface area contributed by atoms with Crippen LogP contribution in [0.3, 0.4) is 0 Å². The molecular weight excluding hydrogens is 387 g/mol. The highest BCUT2D eigenvalue weighted by Gasteiger charge is 2.21. The second kappa shape index (κ2) is 7.29. The maximum atomic E-state index is 13.3. The summed E-state index contributed by atoms with van der Waals surface area (Å²) in [7, 11) is 2.98. The first kappa shape index (κ1) is 19.6. The first-order chi connectivity index (χ1) is 14.3. The van der Waals surface area contributed by atoms with Gasteiger partial charge < -0.3 is 4.74 Å². The maximum Gasteiger partial charge on any atom is 0.332 e. The van der Waals surface area contributed by atoms with Crippen molar-refractivity contribution >= 4 is 11.2 Å². The summed E-state index contributed by atoms with van der Waals surface area (Å²) in [6, 6.07) is 12.0. The smallest absolute Gasteiger partial charge is 0.332 e. The van der Waals surface area contributed by atoms with Gasteiger partial charge in [-0.2, -0.15) is 4.98 Å². The van der Waals surface area contributed by atoms with Crippen LogP contribution >= 0.6 is 0 Å². The summed E-state index contributed by atoms with van der Waals surface area (Å²) in [5, 5.41) is 0. The minimum absolute atomic E-state index is 0.182. The fourth-order valence-electron chi connectivity index (χ4n) is 3.34. The zero-order chi connectivity index (χ0) is 21.6. The third-order valence-corrected chi connectivity index (χ3v) is 5.11. The molecule has 0 fully saturated rings. The number of fused-ring (bicyclic) bond motifs is 1. The molecule has 7 nitrogen and oxygen atoms in total. The van der Waals surface area contributed by atoms with Gasteiger partial charge in [0.05, 0.1) is 6.54 Å². The maximum absolute atomic E-state index is 13.3. The lowest BCUT2D eigenvalue weighted by molar-refractivity contribution is 0.418. The standard InChI is InChI=1S/C22H21FN4O3/c1-13-5-6-14(2)17(11-13)30-21-24-19-18(20(28)26(4)22(29)25(19)3)27(21)12-15-7-9-16(23)10-8-15/h5-11H,12H2,1-4H3. The van der Waals surface area contributed by atoms with Crippen LogP contribution in [0.4, 0.5) is 4.39 Å². The van der Waals surface area contributed by atoms with Crippen molar-refractivity contribution in [2.45, 2.75) is 20.4 Å². The minimum atomic E-state index is -0.475. The summed E-state index contributed by atoms with van der Waals surface area (Å²) in [6.45, 7) is 4.09. The van der Waals surface area contributed by atoms with E-state index in [0.29, 0.717) is 5.75 Å². The lowest BCUT2D eigenvalue weighted by Gasteiger charge is -2.12. The summed E-state index contributed by atoms with van der Waals surface area (Å²) in [4.78, 5) is 29.8. The van der Waals surface area contributed by atoms with Crippen LogP contribution < -0.4 is 16.0 Å². The first-order valence-electron chi connectivity index (χ1n) is 9.42. The Bertz CT molecular complexity index is 1380. The molecule has 2 heterocycles. The quantitative estimate of drug-likeness (QED) is 0.520. The molecular formula is C22H21FN4O3. The second-order valence-electron chi connectivity index (χ2n) is 7.36. The average Bonchev–Trinajstić information content (AvgIpc) is 3.07. The predicted octanol–water partition coefficient (Wildman–Crippen LogP) is 3.03. The van der Waals surface area contributed by atoms with Gasteiger partial charge >= 0.3 is 11.7 Å². The molecule has 0 saturated carbocycles. The van der Waals surface area contributed by atoms with Crippen LogP contribution in [0.15, 0.2) is 52.1 Å². The molecule has 2 aromatic heterocycles. The fraction of sp³-hybridized carbons (Fsp3) is 0.227. The van der Waals surface area contributed by atoms with Gasteiger partial charge in [0.25, 0.3) is 5.56 Å². The third-order valence-electron chi connectivity index (χ3n) is 5.11. The average molecular weight is 408 g/mol. The van der Waals surface area contributed by atoms with Gasteiger partial charge in [-0.25, -0.2) is 9.18 Å². The molecule has 0 amide bonds. The van der Waals surface area contributed by atoms with Crippen LogP contribution in [-0.2, 0) is 20.6 Å². The molecule has 0 unspecified atom stereocenters. The Balaban J connectivity index is 1.96. The summed E-state index contributed by atoms with van der Waals surface area (Å²) < 4.78 is 23.4. The lowest BCUT2D eigenvalue weighted by Crippen LogP contribution is -2.37. The van der Waals surface area contributed by atoms with E-state index in [1.165, 1.54) is 23.7 Å². The number of hydrogen-bond donors (Lipinski definition) is 0. The Morgan fingerprint density at radius 3 is 2.40 bits per heavy atom. The number of ether oxygens (including phenoxy) is 1. The number of aryl methyl sites for hydroxylation is 3. The summed E-state index contributed by atoms with van der Waals surface area (Å²) in [5.74, 6) is 0.256. The third kappa shape index (κ3) is 3.30. The van der Waals surface area contributed by atoms with Crippen LogP contribution in [0.5, 0.6) is 11.8 Å². The molecule has 0 radical (unpaired) electrons. The summed E-state index contributed by atoms with van der Waals surface area (Å²) in [6.07, 6.45) is 0. The van der Waals surface area contributed by atoms with Gasteiger partial charge in [0.15, 0.2) is 11.2 Å². The zero-order valence-corrected chi connectivity index (χ0v) is 17.1. The topological polar surface area (TPSA) is 71.1 Å². The van der Waals surface area contributed by atoms with Crippen molar-refractivity contribution in [2.24, 2.45) is 14.1 Å². The highest BCUT2D eigenvalue weighted by Crippen LogP contribution is 2.28. The lowest BCUT2D eigenvalue weighted by atomic mass is 10.1. The van der Waals surface area contributed by atoms with Gasteiger partial charge in [0, 0.05) is 14.1 Å². The largest absolute Gasteiger partial charge is 0.425 e. The zero-order valence-electron chi connectivity index (χ0n) is 17.1. The van der Waals surface area contributed by atoms with Gasteiger partial charge in [0.1, 0.15) is 11.6 Å². The number of rotatable bonds is 4. The van der Waals surface area contributed by atoms with E-state index in [0.717, 1.165) is 21.3 Å². The number of imidazole rings is 1. The number of benzene rings is 2. The van der Waals surface area contributed by atoms with E-state index >= 15 is 0 Å². The van der Waals surface area contributed by atoms with Gasteiger partial charge in [-0.3, -0.25) is 18.5 Å². The monoisotopic (exact) mass is 408 g/mol. The number of hydrogen-bond acceptors (Lipinski definition) is 4. The van der Waals surface area contributed by atoms with Gasteiger partial charge in [-0.1, -0.05) is 24.3 Å². The molecule has 0 spiro atoms. The molecule has 0 saturated heterocycles. The van der Waals surface area contributed by atoms with Crippen molar-refractivity contribution in [1.82, 2.24) is 18.7 Å². The van der Waals surface area contributed by atoms with Crippen molar-refractivity contribution < 1.29 is 9.13 Å². The van der Waals surface area contributed by atoms with Crippen LogP contribution in [0.1, 0.15) is 16.7 Å². The Hall–Kier alpha value is -3.68. The Kier molecular flexibility index (Phi) is 4.77. The molecule has 30 heavy (non-hydrogen) atoms. The van der Waals surface area contributed by atoms with E-state index < -0.39 is 11.2 Å². The molecule has 0 aliphatic carbocycles. The van der Waals surface area contributed by atoms with Gasteiger partial charge in [0.2, 0.25) is 0 Å². The molecule has 2 aromatic carbocycles. The van der Waals surface area contributed by atoms with Crippen molar-refractivity contribution in [3.8, 4) is 11.8 Å². The SMILES string of the molecule is Cc1ccc(C)c(Oc2nc3c(c(=O)n(C)c(=O)n3C)n2Cc2ccc(F)cc2)c1. The van der Waals surface area contributed by atoms with Crippen LogP contribution in [0, 0.1) is 19.7 Å². The number of aromatic nitrogens is 4. The highest BCUT2D eigenvalue weighted by molar-refractivity contribution is 5.72. The van der Waals surface area contributed by atoms with E-state index in [4.69, 9.17) is 4.74 Å². The molecule has 0 atom stereocenters. The minimum Gasteiger partial charge on any atom is -0.425 e. The highest BCUT2D eigenvalue weighted by atomic mass is 19.1.